The molecule has 0 saturated heterocycles. The Labute approximate surface area is 203 Å². The molecule has 0 aromatic heterocycles. The van der Waals surface area contributed by atoms with Gasteiger partial charge in [0.05, 0.1) is 0 Å². The normalized spacial score (nSPS) is 11.3. The third-order valence-corrected chi connectivity index (χ3v) is 7.11. The quantitative estimate of drug-likeness (QED) is 0.132. The molecule has 0 heterocycles. The zero-order chi connectivity index (χ0) is 22.8. The van der Waals surface area contributed by atoms with Gasteiger partial charge in [0.1, 0.15) is 0 Å². The molecule has 0 aliphatic carbocycles. The molecule has 0 N–H and O–H groups in total. The maximum atomic E-state index is 3.10. The predicted octanol–water partition coefficient (Wildman–Crippen LogP) is 11.4. The average molecular weight is 442 g/mol. The van der Waals surface area contributed by atoms with E-state index in [2.05, 4.69) is 25.1 Å². The Morgan fingerprint density at radius 3 is 1.00 bits per heavy atom. The van der Waals surface area contributed by atoms with Crippen molar-refractivity contribution in [3.63, 3.8) is 0 Å². The molecular weight excluding hydrogens is 384 g/mol. The molecule has 0 aliphatic heterocycles. The van der Waals surface area contributed by atoms with Crippen LogP contribution in [-0.4, -0.2) is 0 Å². The predicted molar refractivity (Wildman–Crippen MR) is 145 cm³/mol. The first-order valence-corrected chi connectivity index (χ1v) is 14.9. The number of unbranched alkanes of at least 4 members (excludes halogenated alkanes) is 23. The minimum atomic E-state index is 1.24. The topological polar surface area (TPSA) is 0 Å². The molecule has 0 unspecified atom stereocenters. The van der Waals surface area contributed by atoms with Crippen LogP contribution in [0.1, 0.15) is 167 Å². The fourth-order valence-electron chi connectivity index (χ4n) is 4.88. The van der Waals surface area contributed by atoms with E-state index in [-0.39, 0.29) is 0 Å². The van der Waals surface area contributed by atoms with Crippen molar-refractivity contribution in [2.75, 3.05) is 0 Å². The van der Waals surface area contributed by atoms with E-state index in [0.717, 1.165) is 0 Å². The molecule has 0 spiro atoms. The SMILES string of the molecule is CCCCCCCCCCCCCCCCCCCCCCCCCCc1cc[c]cc1. The van der Waals surface area contributed by atoms with E-state index in [4.69, 9.17) is 0 Å². The summed E-state index contributed by atoms with van der Waals surface area (Å²) in [5.41, 5.74) is 1.47. The fourth-order valence-corrected chi connectivity index (χ4v) is 4.88. The molecular formula is C32H57. The molecule has 0 aliphatic rings. The van der Waals surface area contributed by atoms with Crippen LogP contribution < -0.4 is 0 Å². The molecule has 1 aromatic carbocycles. The molecule has 0 heteroatoms. The van der Waals surface area contributed by atoms with Gasteiger partial charge in [0.15, 0.2) is 0 Å². The van der Waals surface area contributed by atoms with Gasteiger partial charge in [0, 0.05) is 0 Å². The van der Waals surface area contributed by atoms with Crippen molar-refractivity contribution >= 4 is 0 Å². The van der Waals surface area contributed by atoms with E-state index in [0.29, 0.717) is 0 Å². The number of hydrogen-bond donors (Lipinski definition) is 0. The lowest BCUT2D eigenvalue weighted by atomic mass is 10.0. The van der Waals surface area contributed by atoms with Crippen LogP contribution in [0, 0.1) is 6.07 Å². The highest BCUT2D eigenvalue weighted by Gasteiger charge is 1.96. The van der Waals surface area contributed by atoms with Gasteiger partial charge in [0.2, 0.25) is 0 Å². The molecule has 1 radical (unpaired) electrons. The van der Waals surface area contributed by atoms with E-state index in [1.54, 1.807) is 0 Å². The summed E-state index contributed by atoms with van der Waals surface area (Å²) in [6.07, 6.45) is 36.3. The Morgan fingerprint density at radius 1 is 0.406 bits per heavy atom. The highest BCUT2D eigenvalue weighted by atomic mass is 14.0. The van der Waals surface area contributed by atoms with Crippen molar-refractivity contribution in [3.05, 3.63) is 35.9 Å². The van der Waals surface area contributed by atoms with Crippen LogP contribution in [0.4, 0.5) is 0 Å². The lowest BCUT2D eigenvalue weighted by molar-refractivity contribution is 0.517. The monoisotopic (exact) mass is 441 g/mol. The van der Waals surface area contributed by atoms with Crippen molar-refractivity contribution in [3.8, 4) is 0 Å². The highest BCUT2D eigenvalue weighted by molar-refractivity contribution is 5.13. The van der Waals surface area contributed by atoms with Gasteiger partial charge >= 0.3 is 0 Å². The largest absolute Gasteiger partial charge is 0.0654 e. The minimum absolute atomic E-state index is 1.24. The van der Waals surface area contributed by atoms with Gasteiger partial charge in [-0.25, -0.2) is 0 Å². The first-order chi connectivity index (χ1) is 15.9. The van der Waals surface area contributed by atoms with Crippen molar-refractivity contribution in [2.24, 2.45) is 0 Å². The molecule has 1 aromatic rings. The zero-order valence-corrected chi connectivity index (χ0v) is 22.0. The summed E-state index contributed by atoms with van der Waals surface area (Å²) < 4.78 is 0. The Kier molecular flexibility index (Phi) is 22.7. The number of benzene rings is 1. The minimum Gasteiger partial charge on any atom is -0.0654 e. The van der Waals surface area contributed by atoms with E-state index in [1.165, 1.54) is 166 Å². The van der Waals surface area contributed by atoms with Crippen LogP contribution in [0.2, 0.25) is 0 Å². The molecule has 0 saturated carbocycles. The number of hydrogen-bond acceptors (Lipinski definition) is 0. The zero-order valence-electron chi connectivity index (χ0n) is 22.0. The van der Waals surface area contributed by atoms with Crippen LogP contribution in [0.5, 0.6) is 0 Å². The smallest absolute Gasteiger partial charge is 0.0184 e. The molecule has 0 atom stereocenters. The summed E-state index contributed by atoms with van der Waals surface area (Å²) in [4.78, 5) is 0. The molecule has 1 rings (SSSR count). The standard InChI is InChI=1S/C32H57/c1-2-3-4-5-6-7-8-9-10-11-12-13-14-15-16-17-18-19-20-21-22-23-24-26-29-32-30-27-25-28-31-32/h27-28,30-31H,2-24,26,29H2,1H3. The van der Waals surface area contributed by atoms with Crippen molar-refractivity contribution in [1.82, 2.24) is 0 Å². The maximum Gasteiger partial charge on any atom is -0.0184 e. The van der Waals surface area contributed by atoms with Crippen LogP contribution in [0.15, 0.2) is 24.3 Å². The first kappa shape index (κ1) is 29.3. The van der Waals surface area contributed by atoms with Gasteiger partial charge in [-0.15, -0.1) is 0 Å². The van der Waals surface area contributed by atoms with E-state index >= 15 is 0 Å². The second kappa shape index (κ2) is 24.9. The molecule has 0 amide bonds. The van der Waals surface area contributed by atoms with Crippen molar-refractivity contribution in [2.45, 2.75) is 167 Å². The molecule has 185 valence electrons. The Morgan fingerprint density at radius 2 is 0.688 bits per heavy atom. The second-order valence-electron chi connectivity index (χ2n) is 10.3. The van der Waals surface area contributed by atoms with Crippen LogP contribution in [0.3, 0.4) is 0 Å². The van der Waals surface area contributed by atoms with E-state index in [9.17, 15) is 0 Å². The maximum absolute atomic E-state index is 3.10. The summed E-state index contributed by atoms with van der Waals surface area (Å²) in [6.45, 7) is 2.30. The molecule has 0 fully saturated rings. The Balaban J connectivity index is 1.64. The van der Waals surface area contributed by atoms with Crippen LogP contribution in [-0.2, 0) is 6.42 Å². The summed E-state index contributed by atoms with van der Waals surface area (Å²) in [6, 6.07) is 11.6. The van der Waals surface area contributed by atoms with Gasteiger partial charge in [-0.2, -0.15) is 0 Å². The molecule has 32 heavy (non-hydrogen) atoms. The summed E-state index contributed by atoms with van der Waals surface area (Å²) in [5.74, 6) is 0. The third kappa shape index (κ3) is 21.1. The van der Waals surface area contributed by atoms with Crippen LogP contribution in [0.25, 0.3) is 0 Å². The average Bonchev–Trinajstić information content (AvgIpc) is 2.82. The highest BCUT2D eigenvalue weighted by Crippen LogP contribution is 2.16. The third-order valence-electron chi connectivity index (χ3n) is 7.11. The van der Waals surface area contributed by atoms with Crippen LogP contribution >= 0.6 is 0 Å². The van der Waals surface area contributed by atoms with E-state index in [1.807, 2.05) is 12.1 Å². The van der Waals surface area contributed by atoms with E-state index < -0.39 is 0 Å². The molecule has 0 bridgehead atoms. The van der Waals surface area contributed by atoms with Crippen molar-refractivity contribution < 1.29 is 0 Å². The second-order valence-corrected chi connectivity index (χ2v) is 10.3. The van der Waals surface area contributed by atoms with Gasteiger partial charge in [-0.3, -0.25) is 0 Å². The van der Waals surface area contributed by atoms with Gasteiger partial charge in [-0.1, -0.05) is 179 Å². The van der Waals surface area contributed by atoms with Gasteiger partial charge in [-0.05, 0) is 24.5 Å². The number of aryl methyl sites for hydroxylation is 1. The lowest BCUT2D eigenvalue weighted by Gasteiger charge is -2.04. The molecule has 0 nitrogen and oxygen atoms in total. The Hall–Kier alpha value is -0.780. The van der Waals surface area contributed by atoms with Gasteiger partial charge in [0.25, 0.3) is 0 Å². The van der Waals surface area contributed by atoms with Gasteiger partial charge < -0.3 is 0 Å². The lowest BCUT2D eigenvalue weighted by Crippen LogP contribution is -1.86. The fraction of sp³-hybridized carbons (Fsp3) is 0.812. The first-order valence-electron chi connectivity index (χ1n) is 14.9. The summed E-state index contributed by atoms with van der Waals surface area (Å²) >= 11 is 0. The Bertz CT molecular complexity index is 448. The number of rotatable bonds is 25. The van der Waals surface area contributed by atoms with Crippen molar-refractivity contribution in [1.29, 1.82) is 0 Å². The summed E-state index contributed by atoms with van der Waals surface area (Å²) in [7, 11) is 0. The summed E-state index contributed by atoms with van der Waals surface area (Å²) in [5, 5.41) is 0.